The van der Waals surface area contributed by atoms with Crippen LogP contribution in [0.2, 0.25) is 0 Å². The standard InChI is InChI=1S/C38H38N2O6/c1-25-34(23-39-16-18-44-19-17-39)45-38(46-35(25)28-14-12-26(24-41)13-15-28)31-9-5-8-30(21-31)29-7-4-6-27(20-29)22-40-36(42)32-10-2-3-11-33(32)37(40)43/h2-15,20-21,25,34-35,38,41H,16-19,22-24H2,1H3. The normalized spacial score (nSPS) is 23.5. The van der Waals surface area contributed by atoms with E-state index in [4.69, 9.17) is 14.2 Å². The number of aliphatic hydroxyl groups is 1. The molecule has 4 aromatic rings. The van der Waals surface area contributed by atoms with Crippen LogP contribution in [-0.4, -0.2) is 65.7 Å². The fourth-order valence-corrected chi connectivity index (χ4v) is 6.65. The van der Waals surface area contributed by atoms with Crippen molar-refractivity contribution in [2.75, 3.05) is 32.8 Å². The van der Waals surface area contributed by atoms with Gasteiger partial charge in [-0.15, -0.1) is 0 Å². The van der Waals surface area contributed by atoms with Gasteiger partial charge in [-0.2, -0.15) is 0 Å². The highest BCUT2D eigenvalue weighted by Gasteiger charge is 2.39. The molecule has 4 atom stereocenters. The summed E-state index contributed by atoms with van der Waals surface area (Å²) in [6.07, 6.45) is -0.832. The van der Waals surface area contributed by atoms with Crippen LogP contribution in [0.4, 0.5) is 0 Å². The van der Waals surface area contributed by atoms with E-state index in [1.165, 1.54) is 4.90 Å². The topological polar surface area (TPSA) is 88.5 Å². The molecule has 2 fully saturated rings. The van der Waals surface area contributed by atoms with Gasteiger partial charge >= 0.3 is 0 Å². The molecule has 8 nitrogen and oxygen atoms in total. The quantitative estimate of drug-likeness (QED) is 0.251. The Balaban J connectivity index is 1.14. The molecule has 0 aliphatic carbocycles. The van der Waals surface area contributed by atoms with Gasteiger partial charge < -0.3 is 19.3 Å². The fraction of sp³-hybridized carbons (Fsp3) is 0.316. The first kappa shape index (κ1) is 30.5. The third kappa shape index (κ3) is 6.15. The number of imide groups is 1. The summed E-state index contributed by atoms with van der Waals surface area (Å²) >= 11 is 0. The van der Waals surface area contributed by atoms with Gasteiger partial charge in [0.1, 0.15) is 0 Å². The van der Waals surface area contributed by atoms with E-state index in [2.05, 4.69) is 17.9 Å². The second-order valence-electron chi connectivity index (χ2n) is 12.3. The molecule has 0 saturated carbocycles. The van der Waals surface area contributed by atoms with E-state index in [1.54, 1.807) is 24.3 Å². The molecule has 8 heteroatoms. The molecule has 3 aliphatic rings. The lowest BCUT2D eigenvalue weighted by atomic mass is 9.89. The molecule has 2 amide bonds. The molecule has 0 radical (unpaired) electrons. The molecular formula is C38H38N2O6. The highest BCUT2D eigenvalue weighted by atomic mass is 16.7. The summed E-state index contributed by atoms with van der Waals surface area (Å²) in [7, 11) is 0. The minimum absolute atomic E-state index is 0.000953. The molecule has 7 rings (SSSR count). The van der Waals surface area contributed by atoms with Crippen molar-refractivity contribution >= 4 is 11.8 Å². The summed E-state index contributed by atoms with van der Waals surface area (Å²) in [4.78, 5) is 29.7. The van der Waals surface area contributed by atoms with Gasteiger partial charge in [-0.25, -0.2) is 0 Å². The predicted molar refractivity (Wildman–Crippen MR) is 173 cm³/mol. The van der Waals surface area contributed by atoms with Gasteiger partial charge in [-0.05, 0) is 52.1 Å². The first-order valence-electron chi connectivity index (χ1n) is 15.9. The van der Waals surface area contributed by atoms with Crippen LogP contribution in [0.25, 0.3) is 11.1 Å². The van der Waals surface area contributed by atoms with Crippen molar-refractivity contribution in [1.82, 2.24) is 9.80 Å². The second kappa shape index (κ2) is 13.3. The van der Waals surface area contributed by atoms with Gasteiger partial charge in [0, 0.05) is 31.1 Å². The smallest absolute Gasteiger partial charge is 0.261 e. The summed E-state index contributed by atoms with van der Waals surface area (Å²) in [6, 6.07) is 31.1. The van der Waals surface area contributed by atoms with Crippen molar-refractivity contribution < 1.29 is 28.9 Å². The molecule has 2 saturated heterocycles. The Labute approximate surface area is 269 Å². The van der Waals surface area contributed by atoms with Crippen molar-refractivity contribution in [1.29, 1.82) is 0 Å². The van der Waals surface area contributed by atoms with Crippen molar-refractivity contribution in [2.45, 2.75) is 38.6 Å². The summed E-state index contributed by atoms with van der Waals surface area (Å²) in [5, 5.41) is 9.58. The van der Waals surface area contributed by atoms with Crippen LogP contribution in [0.5, 0.6) is 0 Å². The maximum atomic E-state index is 13.0. The first-order valence-corrected chi connectivity index (χ1v) is 15.9. The Morgan fingerprint density at radius 1 is 0.739 bits per heavy atom. The largest absolute Gasteiger partial charge is 0.392 e. The molecule has 0 spiro atoms. The van der Waals surface area contributed by atoms with E-state index in [1.807, 2.05) is 66.7 Å². The first-order chi connectivity index (χ1) is 22.5. The third-order valence-corrected chi connectivity index (χ3v) is 9.30. The Kier molecular flexibility index (Phi) is 8.80. The Morgan fingerprint density at radius 3 is 2.11 bits per heavy atom. The lowest BCUT2D eigenvalue weighted by Gasteiger charge is -2.43. The second-order valence-corrected chi connectivity index (χ2v) is 12.3. The van der Waals surface area contributed by atoms with Crippen LogP contribution in [0.3, 0.4) is 0 Å². The summed E-state index contributed by atoms with van der Waals surface area (Å²) in [5.74, 6) is -0.428. The average molecular weight is 619 g/mol. The van der Waals surface area contributed by atoms with Crippen molar-refractivity contribution in [2.24, 2.45) is 5.92 Å². The lowest BCUT2D eigenvalue weighted by molar-refractivity contribution is -0.277. The SMILES string of the molecule is CC1C(CN2CCOCC2)OC(c2cccc(-c3cccc(CN4C(=O)c5ccccc5C4=O)c3)c2)OC1c1ccc(CO)cc1. The molecule has 46 heavy (non-hydrogen) atoms. The minimum atomic E-state index is -0.578. The van der Waals surface area contributed by atoms with Crippen molar-refractivity contribution in [3.63, 3.8) is 0 Å². The molecule has 0 aromatic heterocycles. The third-order valence-electron chi connectivity index (χ3n) is 9.30. The number of hydrogen-bond donors (Lipinski definition) is 1. The molecule has 0 bridgehead atoms. The number of fused-ring (bicyclic) bond motifs is 1. The molecule has 3 heterocycles. The monoisotopic (exact) mass is 618 g/mol. The van der Waals surface area contributed by atoms with Gasteiger partial charge in [-0.3, -0.25) is 19.4 Å². The van der Waals surface area contributed by atoms with Gasteiger partial charge in [0.25, 0.3) is 11.8 Å². The minimum Gasteiger partial charge on any atom is -0.392 e. The number of aliphatic hydroxyl groups excluding tert-OH is 1. The van der Waals surface area contributed by atoms with Gasteiger partial charge in [0.05, 0.1) is 49.7 Å². The maximum Gasteiger partial charge on any atom is 0.261 e. The lowest BCUT2D eigenvalue weighted by Crippen LogP contribution is -2.47. The van der Waals surface area contributed by atoms with E-state index in [0.717, 1.165) is 66.2 Å². The zero-order valence-electron chi connectivity index (χ0n) is 25.9. The van der Waals surface area contributed by atoms with Crippen LogP contribution < -0.4 is 0 Å². The molecule has 1 N–H and O–H groups in total. The van der Waals surface area contributed by atoms with Crippen molar-refractivity contribution in [3.05, 3.63) is 130 Å². The molecule has 4 unspecified atom stereocenters. The predicted octanol–water partition coefficient (Wildman–Crippen LogP) is 5.77. The number of nitrogens with zero attached hydrogens (tertiary/aromatic N) is 2. The van der Waals surface area contributed by atoms with Crippen molar-refractivity contribution in [3.8, 4) is 11.1 Å². The van der Waals surface area contributed by atoms with E-state index in [-0.39, 0.29) is 43.1 Å². The zero-order chi connectivity index (χ0) is 31.6. The summed E-state index contributed by atoms with van der Waals surface area (Å²) in [6.45, 7) is 6.37. The molecule has 3 aliphatic heterocycles. The van der Waals surface area contributed by atoms with E-state index >= 15 is 0 Å². The summed E-state index contributed by atoms with van der Waals surface area (Å²) < 4.78 is 19.0. The highest BCUT2D eigenvalue weighted by molar-refractivity contribution is 6.21. The van der Waals surface area contributed by atoms with Gasteiger partial charge in [0.15, 0.2) is 6.29 Å². The van der Waals surface area contributed by atoms with Gasteiger partial charge in [-0.1, -0.05) is 79.7 Å². The highest BCUT2D eigenvalue weighted by Crippen LogP contribution is 2.42. The Morgan fingerprint density at radius 2 is 1.41 bits per heavy atom. The zero-order valence-corrected chi connectivity index (χ0v) is 25.9. The molecular weight excluding hydrogens is 580 g/mol. The number of carbonyl (C=O) groups is 2. The number of rotatable bonds is 8. The number of hydrogen-bond acceptors (Lipinski definition) is 7. The number of amides is 2. The van der Waals surface area contributed by atoms with Crippen LogP contribution in [0.1, 0.15) is 62.3 Å². The van der Waals surface area contributed by atoms with Crippen LogP contribution in [-0.2, 0) is 27.4 Å². The number of morpholine rings is 1. The van der Waals surface area contributed by atoms with Crippen LogP contribution in [0, 0.1) is 5.92 Å². The van der Waals surface area contributed by atoms with Crippen LogP contribution in [0.15, 0.2) is 97.1 Å². The van der Waals surface area contributed by atoms with E-state index in [9.17, 15) is 14.7 Å². The summed E-state index contributed by atoms with van der Waals surface area (Å²) in [5.41, 5.74) is 6.57. The van der Waals surface area contributed by atoms with E-state index in [0.29, 0.717) is 11.1 Å². The number of benzene rings is 4. The van der Waals surface area contributed by atoms with Gasteiger partial charge in [0.2, 0.25) is 0 Å². The van der Waals surface area contributed by atoms with E-state index < -0.39 is 6.29 Å². The maximum absolute atomic E-state index is 13.0. The average Bonchev–Trinajstić information content (AvgIpc) is 3.34. The van der Waals surface area contributed by atoms with Crippen LogP contribution >= 0.6 is 0 Å². The Hall–Kier alpha value is -4.18. The fourth-order valence-electron chi connectivity index (χ4n) is 6.65. The number of ether oxygens (including phenoxy) is 3. The molecule has 236 valence electrons. The Bertz CT molecular complexity index is 1680. The number of carbonyl (C=O) groups excluding carboxylic acids is 2. The molecule has 4 aromatic carbocycles.